The van der Waals surface area contributed by atoms with Gasteiger partial charge < -0.3 is 15.5 Å². The molecule has 16 heavy (non-hydrogen) atoms. The van der Waals surface area contributed by atoms with Crippen LogP contribution in [0.4, 0.5) is 5.69 Å². The first-order chi connectivity index (χ1) is 7.48. The van der Waals surface area contributed by atoms with E-state index in [0.717, 1.165) is 4.47 Å². The highest BCUT2D eigenvalue weighted by molar-refractivity contribution is 9.10. The maximum absolute atomic E-state index is 9.60. The third-order valence-corrected chi connectivity index (χ3v) is 2.60. The molecule has 0 spiro atoms. The van der Waals surface area contributed by atoms with E-state index in [0.29, 0.717) is 11.3 Å². The van der Waals surface area contributed by atoms with Gasteiger partial charge in [-0.3, -0.25) is 0 Å². The molecule has 0 aliphatic carbocycles. The summed E-state index contributed by atoms with van der Waals surface area (Å²) in [4.78, 5) is 0. The van der Waals surface area contributed by atoms with Gasteiger partial charge in [0, 0.05) is 11.0 Å². The minimum atomic E-state index is -1.19. The molecule has 86 valence electrons. The lowest BCUT2D eigenvalue weighted by Crippen LogP contribution is -2.37. The number of rotatable bonds is 4. The molecule has 4 nitrogen and oxygen atoms in total. The van der Waals surface area contributed by atoms with Crippen LogP contribution in [0.3, 0.4) is 0 Å². The molecule has 0 saturated carbocycles. The Bertz CT molecular complexity index is 413. The van der Waals surface area contributed by atoms with Gasteiger partial charge in [0.15, 0.2) is 0 Å². The lowest BCUT2D eigenvalue weighted by molar-refractivity contribution is 0.0132. The number of halogens is 1. The molecule has 3 N–H and O–H groups in total. The van der Waals surface area contributed by atoms with Crippen molar-refractivity contribution in [3.05, 3.63) is 28.2 Å². The lowest BCUT2D eigenvalue weighted by Gasteiger charge is -2.21. The molecule has 0 heterocycles. The molecule has 0 saturated heterocycles. The summed E-state index contributed by atoms with van der Waals surface area (Å²) in [5.74, 6) is 0. The van der Waals surface area contributed by atoms with E-state index in [-0.39, 0.29) is 13.2 Å². The Balaban J connectivity index is 2.79. The number of hydrogen-bond acceptors (Lipinski definition) is 4. The Morgan fingerprint density at radius 3 is 2.81 bits per heavy atom. The van der Waals surface area contributed by atoms with Crippen molar-refractivity contribution in [2.75, 3.05) is 18.5 Å². The van der Waals surface area contributed by atoms with Crippen LogP contribution in [-0.2, 0) is 0 Å². The van der Waals surface area contributed by atoms with E-state index in [4.69, 9.17) is 10.4 Å². The molecule has 1 aromatic carbocycles. The van der Waals surface area contributed by atoms with Gasteiger partial charge >= 0.3 is 0 Å². The summed E-state index contributed by atoms with van der Waals surface area (Å²) in [6.07, 6.45) is 0. The minimum absolute atomic E-state index is 0.180. The summed E-state index contributed by atoms with van der Waals surface area (Å²) < 4.78 is 0.823. The molecule has 1 unspecified atom stereocenters. The number of hydrogen-bond donors (Lipinski definition) is 3. The summed E-state index contributed by atoms with van der Waals surface area (Å²) >= 11 is 3.27. The molecule has 0 bridgehead atoms. The largest absolute Gasteiger partial charge is 0.393 e. The smallest absolute Gasteiger partial charge is 0.102 e. The summed E-state index contributed by atoms with van der Waals surface area (Å²) in [7, 11) is 0. The second kappa shape index (κ2) is 5.30. The number of aliphatic hydroxyl groups excluding tert-OH is 1. The first kappa shape index (κ1) is 13.0. The molecule has 0 aliphatic rings. The number of nitrogens with zero attached hydrogens (tertiary/aromatic N) is 1. The van der Waals surface area contributed by atoms with Crippen molar-refractivity contribution in [3.8, 4) is 6.07 Å². The normalized spacial score (nSPS) is 13.9. The van der Waals surface area contributed by atoms with E-state index in [1.165, 1.54) is 6.92 Å². The van der Waals surface area contributed by atoms with E-state index in [1.807, 2.05) is 0 Å². The molecule has 0 radical (unpaired) electrons. The first-order valence-corrected chi connectivity index (χ1v) is 5.54. The van der Waals surface area contributed by atoms with E-state index in [1.54, 1.807) is 18.2 Å². The molecule has 0 aromatic heterocycles. The zero-order valence-corrected chi connectivity index (χ0v) is 10.5. The highest BCUT2D eigenvalue weighted by Gasteiger charge is 2.18. The van der Waals surface area contributed by atoms with Gasteiger partial charge in [-0.25, -0.2) is 0 Å². The monoisotopic (exact) mass is 284 g/mol. The van der Waals surface area contributed by atoms with Crippen LogP contribution in [0.25, 0.3) is 0 Å². The van der Waals surface area contributed by atoms with Crippen molar-refractivity contribution in [1.29, 1.82) is 5.26 Å². The van der Waals surface area contributed by atoms with Gasteiger partial charge in [0.05, 0.1) is 17.9 Å². The second-order valence-corrected chi connectivity index (χ2v) is 4.73. The first-order valence-electron chi connectivity index (χ1n) is 4.75. The van der Waals surface area contributed by atoms with Gasteiger partial charge in [0.1, 0.15) is 11.7 Å². The van der Waals surface area contributed by atoms with Crippen LogP contribution in [-0.4, -0.2) is 29.0 Å². The molecule has 0 amide bonds. The number of nitriles is 1. The zero-order chi connectivity index (χ0) is 12.2. The highest BCUT2D eigenvalue weighted by atomic mass is 79.9. The van der Waals surface area contributed by atoms with Gasteiger partial charge in [0.2, 0.25) is 0 Å². The van der Waals surface area contributed by atoms with E-state index in [9.17, 15) is 5.11 Å². The minimum Gasteiger partial charge on any atom is -0.393 e. The number of benzene rings is 1. The van der Waals surface area contributed by atoms with E-state index in [2.05, 4.69) is 27.3 Å². The van der Waals surface area contributed by atoms with E-state index >= 15 is 0 Å². The maximum atomic E-state index is 9.60. The van der Waals surface area contributed by atoms with Gasteiger partial charge in [-0.1, -0.05) is 15.9 Å². The van der Waals surface area contributed by atoms with Crippen molar-refractivity contribution < 1.29 is 10.2 Å². The van der Waals surface area contributed by atoms with Gasteiger partial charge in [-0.15, -0.1) is 0 Å². The Kier molecular flexibility index (Phi) is 4.30. The number of aliphatic hydroxyl groups is 2. The Morgan fingerprint density at radius 2 is 2.25 bits per heavy atom. The number of anilines is 1. The maximum Gasteiger partial charge on any atom is 0.102 e. The predicted molar refractivity (Wildman–Crippen MR) is 65.1 cm³/mol. The second-order valence-electron chi connectivity index (χ2n) is 3.81. The SMILES string of the molecule is CC(O)(CO)CNc1ccc(Br)cc1C#N. The molecule has 0 fully saturated rings. The van der Waals surface area contributed by atoms with Crippen LogP contribution >= 0.6 is 15.9 Å². The van der Waals surface area contributed by atoms with Crippen molar-refractivity contribution in [3.63, 3.8) is 0 Å². The lowest BCUT2D eigenvalue weighted by atomic mass is 10.1. The third-order valence-electron chi connectivity index (χ3n) is 2.10. The van der Waals surface area contributed by atoms with Crippen molar-refractivity contribution in [2.24, 2.45) is 0 Å². The summed E-state index contributed by atoms with van der Waals surface area (Å²) in [5, 5.41) is 30.3. The van der Waals surface area contributed by atoms with Crippen LogP contribution < -0.4 is 5.32 Å². The predicted octanol–water partition coefficient (Wildman–Crippen LogP) is 1.48. The highest BCUT2D eigenvalue weighted by Crippen LogP contribution is 2.20. The van der Waals surface area contributed by atoms with Crippen LogP contribution in [0.5, 0.6) is 0 Å². The third kappa shape index (κ3) is 3.49. The van der Waals surface area contributed by atoms with Crippen molar-refractivity contribution >= 4 is 21.6 Å². The Hall–Kier alpha value is -1.09. The standard InChI is InChI=1S/C11H13BrN2O2/c1-11(16,7-15)6-14-10-3-2-9(12)4-8(10)5-13/h2-4,14-16H,6-7H2,1H3. The van der Waals surface area contributed by atoms with Crippen molar-refractivity contribution in [2.45, 2.75) is 12.5 Å². The topological polar surface area (TPSA) is 76.3 Å². The molecule has 5 heteroatoms. The van der Waals surface area contributed by atoms with E-state index < -0.39 is 5.60 Å². The van der Waals surface area contributed by atoms with Crippen LogP contribution in [0.15, 0.2) is 22.7 Å². The van der Waals surface area contributed by atoms with Crippen LogP contribution in [0, 0.1) is 11.3 Å². The summed E-state index contributed by atoms with van der Waals surface area (Å²) in [6.45, 7) is 1.36. The molecular formula is C11H13BrN2O2. The Morgan fingerprint density at radius 1 is 1.56 bits per heavy atom. The Labute approximate surface area is 103 Å². The zero-order valence-electron chi connectivity index (χ0n) is 8.87. The number of nitrogens with one attached hydrogen (secondary N) is 1. The fourth-order valence-corrected chi connectivity index (χ4v) is 1.47. The molecule has 1 aromatic rings. The van der Waals surface area contributed by atoms with Crippen LogP contribution in [0.1, 0.15) is 12.5 Å². The van der Waals surface area contributed by atoms with Gasteiger partial charge in [-0.05, 0) is 25.1 Å². The summed E-state index contributed by atoms with van der Waals surface area (Å²) in [6, 6.07) is 7.29. The van der Waals surface area contributed by atoms with Crippen molar-refractivity contribution in [1.82, 2.24) is 0 Å². The van der Waals surface area contributed by atoms with Crippen LogP contribution in [0.2, 0.25) is 0 Å². The van der Waals surface area contributed by atoms with Gasteiger partial charge in [0.25, 0.3) is 0 Å². The molecule has 1 rings (SSSR count). The average Bonchev–Trinajstić information content (AvgIpc) is 2.27. The fraction of sp³-hybridized carbons (Fsp3) is 0.364. The van der Waals surface area contributed by atoms with Gasteiger partial charge in [-0.2, -0.15) is 5.26 Å². The quantitative estimate of drug-likeness (QED) is 0.783. The molecular weight excluding hydrogens is 272 g/mol. The fourth-order valence-electron chi connectivity index (χ4n) is 1.10. The average molecular weight is 285 g/mol. The molecule has 1 atom stereocenters. The molecule has 0 aliphatic heterocycles. The summed E-state index contributed by atoms with van der Waals surface area (Å²) in [5.41, 5.74) is -0.0673.